The van der Waals surface area contributed by atoms with Gasteiger partial charge in [0.05, 0.1) is 0 Å². The van der Waals surface area contributed by atoms with Gasteiger partial charge in [-0.25, -0.2) is 0 Å². The minimum Gasteiger partial charge on any atom is -0.481 e. The standard InChI is InChI=1S/C14H19NO3/c1-10-6-7-11(2)12(9-10)14(18)15(3)8-4-5-13(16)17/h6-7,9H,4-5,8H2,1-3H3,(H,16,17). The number of carboxylic acid groups (broad SMARTS) is 1. The minimum atomic E-state index is -0.831. The molecular formula is C14H19NO3. The van der Waals surface area contributed by atoms with Gasteiger partial charge in [-0.3, -0.25) is 9.59 Å². The summed E-state index contributed by atoms with van der Waals surface area (Å²) < 4.78 is 0. The highest BCUT2D eigenvalue weighted by atomic mass is 16.4. The number of aliphatic carboxylic acids is 1. The van der Waals surface area contributed by atoms with Gasteiger partial charge in [-0.15, -0.1) is 0 Å². The summed E-state index contributed by atoms with van der Waals surface area (Å²) in [6.07, 6.45) is 0.562. The third kappa shape index (κ3) is 3.87. The van der Waals surface area contributed by atoms with Gasteiger partial charge in [-0.2, -0.15) is 0 Å². The fraction of sp³-hybridized carbons (Fsp3) is 0.429. The highest BCUT2D eigenvalue weighted by Gasteiger charge is 2.14. The molecule has 0 aromatic heterocycles. The topological polar surface area (TPSA) is 57.6 Å². The lowest BCUT2D eigenvalue weighted by atomic mass is 10.0. The van der Waals surface area contributed by atoms with Crippen molar-refractivity contribution in [1.29, 1.82) is 0 Å². The van der Waals surface area contributed by atoms with Crippen LogP contribution >= 0.6 is 0 Å². The highest BCUT2D eigenvalue weighted by molar-refractivity contribution is 5.95. The Hall–Kier alpha value is -1.84. The maximum Gasteiger partial charge on any atom is 0.303 e. The zero-order valence-corrected chi connectivity index (χ0v) is 11.1. The molecule has 0 radical (unpaired) electrons. The van der Waals surface area contributed by atoms with Gasteiger partial charge in [0.1, 0.15) is 0 Å². The first kappa shape index (κ1) is 14.2. The predicted molar refractivity (Wildman–Crippen MR) is 69.7 cm³/mol. The molecule has 0 saturated heterocycles. The van der Waals surface area contributed by atoms with Crippen LogP contribution in [-0.2, 0) is 4.79 Å². The number of rotatable bonds is 5. The lowest BCUT2D eigenvalue weighted by Gasteiger charge is -2.18. The smallest absolute Gasteiger partial charge is 0.303 e. The van der Waals surface area contributed by atoms with Gasteiger partial charge in [0.25, 0.3) is 5.91 Å². The zero-order chi connectivity index (χ0) is 13.7. The molecule has 0 spiro atoms. The second kappa shape index (κ2) is 6.19. The van der Waals surface area contributed by atoms with E-state index in [-0.39, 0.29) is 12.3 Å². The predicted octanol–water partition coefficient (Wildman–Crippen LogP) is 2.24. The first-order chi connectivity index (χ1) is 8.41. The van der Waals surface area contributed by atoms with Crippen LogP contribution in [0, 0.1) is 13.8 Å². The number of benzene rings is 1. The molecule has 98 valence electrons. The molecular weight excluding hydrogens is 230 g/mol. The molecule has 0 heterocycles. The van der Waals surface area contributed by atoms with Crippen LogP contribution in [0.4, 0.5) is 0 Å². The molecule has 0 aliphatic carbocycles. The van der Waals surface area contributed by atoms with Crippen LogP contribution in [0.1, 0.15) is 34.3 Å². The van der Waals surface area contributed by atoms with Crippen molar-refractivity contribution in [2.75, 3.05) is 13.6 Å². The van der Waals surface area contributed by atoms with Crippen LogP contribution in [0.5, 0.6) is 0 Å². The summed E-state index contributed by atoms with van der Waals surface area (Å²) in [5.74, 6) is -0.885. The normalized spacial score (nSPS) is 10.2. The van der Waals surface area contributed by atoms with Crippen molar-refractivity contribution in [1.82, 2.24) is 4.90 Å². The average molecular weight is 249 g/mol. The van der Waals surface area contributed by atoms with E-state index in [4.69, 9.17) is 5.11 Å². The summed E-state index contributed by atoms with van der Waals surface area (Å²) in [6, 6.07) is 5.76. The van der Waals surface area contributed by atoms with E-state index in [9.17, 15) is 9.59 Å². The number of nitrogens with zero attached hydrogens (tertiary/aromatic N) is 1. The Kier molecular flexibility index (Phi) is 4.89. The van der Waals surface area contributed by atoms with Crippen molar-refractivity contribution >= 4 is 11.9 Å². The van der Waals surface area contributed by atoms with Crippen LogP contribution in [0.25, 0.3) is 0 Å². The van der Waals surface area contributed by atoms with Gasteiger partial charge in [-0.1, -0.05) is 17.7 Å². The summed E-state index contributed by atoms with van der Waals surface area (Å²) in [5.41, 5.74) is 2.67. The number of aryl methyl sites for hydroxylation is 2. The van der Waals surface area contributed by atoms with Gasteiger partial charge >= 0.3 is 5.97 Å². The third-order valence-electron chi connectivity index (χ3n) is 2.85. The van der Waals surface area contributed by atoms with Gasteiger partial charge in [0.2, 0.25) is 0 Å². The van der Waals surface area contributed by atoms with Gasteiger partial charge in [0, 0.05) is 25.6 Å². The second-order valence-corrected chi connectivity index (χ2v) is 4.54. The maximum absolute atomic E-state index is 12.2. The zero-order valence-electron chi connectivity index (χ0n) is 11.1. The van der Waals surface area contributed by atoms with E-state index in [0.29, 0.717) is 18.5 Å². The van der Waals surface area contributed by atoms with Crippen LogP contribution in [-0.4, -0.2) is 35.5 Å². The number of amides is 1. The molecule has 1 N–H and O–H groups in total. The molecule has 0 bridgehead atoms. The summed E-state index contributed by atoms with van der Waals surface area (Å²) in [6.45, 7) is 4.30. The Balaban J connectivity index is 2.68. The maximum atomic E-state index is 12.2. The van der Waals surface area contributed by atoms with Crippen LogP contribution in [0.15, 0.2) is 18.2 Å². The Morgan fingerprint density at radius 2 is 1.94 bits per heavy atom. The van der Waals surface area contributed by atoms with E-state index >= 15 is 0 Å². The van der Waals surface area contributed by atoms with E-state index in [1.165, 1.54) is 0 Å². The molecule has 4 heteroatoms. The van der Waals surface area contributed by atoms with Gasteiger partial charge in [0.15, 0.2) is 0 Å². The average Bonchev–Trinajstić information content (AvgIpc) is 2.30. The Morgan fingerprint density at radius 3 is 2.56 bits per heavy atom. The number of hydrogen-bond acceptors (Lipinski definition) is 2. The van der Waals surface area contributed by atoms with E-state index in [1.54, 1.807) is 11.9 Å². The van der Waals surface area contributed by atoms with Crippen molar-refractivity contribution in [3.63, 3.8) is 0 Å². The number of carbonyl (C=O) groups excluding carboxylic acids is 1. The van der Waals surface area contributed by atoms with E-state index in [2.05, 4.69) is 0 Å². The van der Waals surface area contributed by atoms with E-state index in [0.717, 1.165) is 11.1 Å². The molecule has 1 aromatic carbocycles. The van der Waals surface area contributed by atoms with E-state index < -0.39 is 5.97 Å². The quantitative estimate of drug-likeness (QED) is 0.870. The van der Waals surface area contributed by atoms with Crippen molar-refractivity contribution in [3.05, 3.63) is 34.9 Å². The molecule has 0 unspecified atom stereocenters. The first-order valence-electron chi connectivity index (χ1n) is 5.96. The van der Waals surface area contributed by atoms with E-state index in [1.807, 2.05) is 32.0 Å². The number of hydrogen-bond donors (Lipinski definition) is 1. The van der Waals surface area contributed by atoms with Crippen molar-refractivity contribution in [3.8, 4) is 0 Å². The molecule has 0 aliphatic heterocycles. The molecule has 18 heavy (non-hydrogen) atoms. The molecule has 0 aliphatic rings. The molecule has 1 rings (SSSR count). The Morgan fingerprint density at radius 1 is 1.28 bits per heavy atom. The fourth-order valence-electron chi connectivity index (χ4n) is 1.74. The third-order valence-corrected chi connectivity index (χ3v) is 2.85. The lowest BCUT2D eigenvalue weighted by molar-refractivity contribution is -0.137. The number of carbonyl (C=O) groups is 2. The van der Waals surface area contributed by atoms with Gasteiger partial charge < -0.3 is 10.0 Å². The van der Waals surface area contributed by atoms with Crippen molar-refractivity contribution < 1.29 is 14.7 Å². The minimum absolute atomic E-state index is 0.0541. The van der Waals surface area contributed by atoms with Gasteiger partial charge in [-0.05, 0) is 31.9 Å². The highest BCUT2D eigenvalue weighted by Crippen LogP contribution is 2.13. The summed E-state index contributed by atoms with van der Waals surface area (Å²) in [7, 11) is 1.70. The molecule has 4 nitrogen and oxygen atoms in total. The van der Waals surface area contributed by atoms with Crippen molar-refractivity contribution in [2.24, 2.45) is 0 Å². The second-order valence-electron chi connectivity index (χ2n) is 4.54. The lowest BCUT2D eigenvalue weighted by Crippen LogP contribution is -2.28. The fourth-order valence-corrected chi connectivity index (χ4v) is 1.74. The summed E-state index contributed by atoms with van der Waals surface area (Å²) >= 11 is 0. The summed E-state index contributed by atoms with van der Waals surface area (Å²) in [5, 5.41) is 8.56. The van der Waals surface area contributed by atoms with Crippen LogP contribution < -0.4 is 0 Å². The molecule has 0 saturated carbocycles. The first-order valence-corrected chi connectivity index (χ1v) is 5.96. The summed E-state index contributed by atoms with van der Waals surface area (Å²) in [4.78, 5) is 24.2. The molecule has 1 amide bonds. The number of carboxylic acids is 1. The molecule has 1 aromatic rings. The Labute approximate surface area is 107 Å². The van der Waals surface area contributed by atoms with Crippen LogP contribution in [0.2, 0.25) is 0 Å². The van der Waals surface area contributed by atoms with Crippen LogP contribution in [0.3, 0.4) is 0 Å². The largest absolute Gasteiger partial charge is 0.481 e. The Bertz CT molecular complexity index is 454. The monoisotopic (exact) mass is 249 g/mol. The molecule has 0 fully saturated rings. The molecule has 0 atom stereocenters. The van der Waals surface area contributed by atoms with Crippen molar-refractivity contribution in [2.45, 2.75) is 26.7 Å². The SMILES string of the molecule is Cc1ccc(C)c(C(=O)N(C)CCCC(=O)O)c1.